The van der Waals surface area contributed by atoms with Gasteiger partial charge < -0.3 is 19.5 Å². The highest BCUT2D eigenvalue weighted by Crippen LogP contribution is 2.23. The van der Waals surface area contributed by atoms with Crippen molar-refractivity contribution in [3.63, 3.8) is 0 Å². The monoisotopic (exact) mass is 357 g/mol. The van der Waals surface area contributed by atoms with Crippen molar-refractivity contribution in [2.75, 3.05) is 6.54 Å². The number of benzene rings is 2. The third kappa shape index (κ3) is 4.73. The molecule has 0 radical (unpaired) electrons. The van der Waals surface area contributed by atoms with Crippen LogP contribution in [0.5, 0.6) is 5.75 Å². The van der Waals surface area contributed by atoms with E-state index in [1.54, 1.807) is 20.8 Å². The Bertz CT molecular complexity index is 811. The van der Waals surface area contributed by atoms with Gasteiger partial charge in [0, 0.05) is 13.0 Å². The first-order chi connectivity index (χ1) is 12.3. The first kappa shape index (κ1) is 18.2. The molecule has 6 heteroatoms. The zero-order valence-corrected chi connectivity index (χ0v) is 15.2. The molecule has 1 fully saturated rings. The SMILES string of the molecule is CC(C)(C)OC(=O)OC(=O)C1CC(Oc2ccc3ccccc3c2)CN1. The van der Waals surface area contributed by atoms with Gasteiger partial charge in [-0.3, -0.25) is 0 Å². The van der Waals surface area contributed by atoms with E-state index in [1.807, 2.05) is 42.5 Å². The first-order valence-electron chi connectivity index (χ1n) is 8.64. The van der Waals surface area contributed by atoms with Gasteiger partial charge in [0.2, 0.25) is 0 Å². The highest BCUT2D eigenvalue weighted by atomic mass is 16.7. The van der Waals surface area contributed by atoms with Gasteiger partial charge in [-0.2, -0.15) is 0 Å². The van der Waals surface area contributed by atoms with Crippen LogP contribution in [-0.2, 0) is 14.3 Å². The molecule has 1 N–H and O–H groups in total. The number of carbonyl (C=O) groups excluding carboxylic acids is 2. The van der Waals surface area contributed by atoms with Crippen molar-refractivity contribution in [2.45, 2.75) is 44.9 Å². The minimum absolute atomic E-state index is 0.174. The Morgan fingerprint density at radius 3 is 2.54 bits per heavy atom. The summed E-state index contributed by atoms with van der Waals surface area (Å²) in [7, 11) is 0. The van der Waals surface area contributed by atoms with E-state index in [-0.39, 0.29) is 6.10 Å². The van der Waals surface area contributed by atoms with Crippen LogP contribution in [0.3, 0.4) is 0 Å². The minimum atomic E-state index is -0.983. The van der Waals surface area contributed by atoms with Crippen molar-refractivity contribution in [1.29, 1.82) is 0 Å². The maximum absolute atomic E-state index is 12.1. The number of nitrogens with one attached hydrogen (secondary N) is 1. The lowest BCUT2D eigenvalue weighted by Gasteiger charge is -2.19. The maximum Gasteiger partial charge on any atom is 0.516 e. The Morgan fingerprint density at radius 2 is 1.81 bits per heavy atom. The van der Waals surface area contributed by atoms with E-state index in [0.717, 1.165) is 16.5 Å². The Kier molecular flexibility index (Phi) is 5.13. The Labute approximate surface area is 152 Å². The minimum Gasteiger partial charge on any atom is -0.489 e. The van der Waals surface area contributed by atoms with Gasteiger partial charge in [0.1, 0.15) is 23.5 Å². The second-order valence-electron chi connectivity index (χ2n) is 7.33. The van der Waals surface area contributed by atoms with Crippen LogP contribution in [0.1, 0.15) is 27.2 Å². The van der Waals surface area contributed by atoms with Crippen LogP contribution in [0.2, 0.25) is 0 Å². The highest BCUT2D eigenvalue weighted by molar-refractivity contribution is 5.86. The molecule has 2 aromatic carbocycles. The standard InChI is InChI=1S/C20H23NO5/c1-20(2,3)26-19(23)25-18(22)17-11-16(12-21-17)24-15-9-8-13-6-4-5-7-14(13)10-15/h4-10,16-17,21H,11-12H2,1-3H3. The van der Waals surface area contributed by atoms with Crippen LogP contribution >= 0.6 is 0 Å². The molecule has 0 aliphatic carbocycles. The fourth-order valence-electron chi connectivity index (χ4n) is 2.83. The molecule has 1 aliphatic rings. The topological polar surface area (TPSA) is 73.9 Å². The molecule has 6 nitrogen and oxygen atoms in total. The van der Waals surface area contributed by atoms with Crippen LogP contribution in [0.4, 0.5) is 4.79 Å². The fraction of sp³-hybridized carbons (Fsp3) is 0.400. The van der Waals surface area contributed by atoms with Gasteiger partial charge in [0.15, 0.2) is 0 Å². The summed E-state index contributed by atoms with van der Waals surface area (Å²) in [5.41, 5.74) is -0.706. The maximum atomic E-state index is 12.1. The largest absolute Gasteiger partial charge is 0.516 e. The first-order valence-corrected chi connectivity index (χ1v) is 8.64. The van der Waals surface area contributed by atoms with Crippen molar-refractivity contribution in [3.05, 3.63) is 42.5 Å². The number of hydrogen-bond donors (Lipinski definition) is 1. The molecule has 2 atom stereocenters. The van der Waals surface area contributed by atoms with Gasteiger partial charge in [0.25, 0.3) is 0 Å². The van der Waals surface area contributed by atoms with E-state index in [0.29, 0.717) is 13.0 Å². The van der Waals surface area contributed by atoms with Crippen LogP contribution in [0, 0.1) is 0 Å². The summed E-state index contributed by atoms with van der Waals surface area (Å²) in [4.78, 5) is 23.7. The van der Waals surface area contributed by atoms with E-state index in [2.05, 4.69) is 5.32 Å². The summed E-state index contributed by atoms with van der Waals surface area (Å²) in [6.07, 6.45) is -0.732. The summed E-state index contributed by atoms with van der Waals surface area (Å²) in [5, 5.41) is 5.26. The van der Waals surface area contributed by atoms with E-state index < -0.39 is 23.8 Å². The molecule has 2 aromatic rings. The Hall–Kier alpha value is -2.60. The summed E-state index contributed by atoms with van der Waals surface area (Å²) < 4.78 is 15.7. The van der Waals surface area contributed by atoms with Crippen LogP contribution in [-0.4, -0.2) is 36.4 Å². The summed E-state index contributed by atoms with van der Waals surface area (Å²) in [6.45, 7) is 5.63. The Balaban J connectivity index is 1.54. The molecule has 0 spiro atoms. The van der Waals surface area contributed by atoms with Gasteiger partial charge in [-0.25, -0.2) is 9.59 Å². The molecule has 26 heavy (non-hydrogen) atoms. The zero-order valence-electron chi connectivity index (χ0n) is 15.2. The van der Waals surface area contributed by atoms with Gasteiger partial charge in [-0.1, -0.05) is 30.3 Å². The molecular formula is C20H23NO5. The van der Waals surface area contributed by atoms with Gasteiger partial charge >= 0.3 is 12.1 Å². The second-order valence-corrected chi connectivity index (χ2v) is 7.33. The molecule has 1 saturated heterocycles. The van der Waals surface area contributed by atoms with Crippen molar-refractivity contribution >= 4 is 22.9 Å². The van der Waals surface area contributed by atoms with Crippen molar-refractivity contribution in [1.82, 2.24) is 5.32 Å². The zero-order chi connectivity index (χ0) is 18.7. The molecule has 1 aliphatic heterocycles. The molecule has 0 bridgehead atoms. The third-order valence-electron chi connectivity index (χ3n) is 3.97. The molecule has 1 heterocycles. The fourth-order valence-corrected chi connectivity index (χ4v) is 2.83. The highest BCUT2D eigenvalue weighted by Gasteiger charge is 2.34. The summed E-state index contributed by atoms with van der Waals surface area (Å²) in [6, 6.07) is 13.3. The molecule has 2 unspecified atom stereocenters. The van der Waals surface area contributed by atoms with E-state index in [4.69, 9.17) is 14.2 Å². The normalized spacial score (nSPS) is 20.0. The van der Waals surface area contributed by atoms with Gasteiger partial charge in [0.05, 0.1) is 0 Å². The predicted molar refractivity (Wildman–Crippen MR) is 97.1 cm³/mol. The van der Waals surface area contributed by atoms with E-state index in [1.165, 1.54) is 0 Å². The lowest BCUT2D eigenvalue weighted by molar-refractivity contribution is -0.143. The number of rotatable bonds is 3. The summed E-state index contributed by atoms with van der Waals surface area (Å²) >= 11 is 0. The lowest BCUT2D eigenvalue weighted by Crippen LogP contribution is -2.35. The smallest absolute Gasteiger partial charge is 0.489 e. The molecule has 0 saturated carbocycles. The third-order valence-corrected chi connectivity index (χ3v) is 3.97. The van der Waals surface area contributed by atoms with Gasteiger partial charge in [-0.15, -0.1) is 0 Å². The van der Waals surface area contributed by atoms with Crippen LogP contribution < -0.4 is 10.1 Å². The van der Waals surface area contributed by atoms with Crippen molar-refractivity contribution in [2.24, 2.45) is 0 Å². The van der Waals surface area contributed by atoms with Crippen molar-refractivity contribution in [3.8, 4) is 5.75 Å². The van der Waals surface area contributed by atoms with Gasteiger partial charge in [-0.05, 0) is 43.7 Å². The number of carbonyl (C=O) groups is 2. The average molecular weight is 357 g/mol. The van der Waals surface area contributed by atoms with Crippen LogP contribution in [0.25, 0.3) is 10.8 Å². The Morgan fingerprint density at radius 1 is 1.08 bits per heavy atom. The predicted octanol–water partition coefficient (Wildman–Crippen LogP) is 3.43. The number of esters is 1. The number of hydrogen-bond acceptors (Lipinski definition) is 6. The molecule has 138 valence electrons. The van der Waals surface area contributed by atoms with E-state index in [9.17, 15) is 9.59 Å². The number of ether oxygens (including phenoxy) is 3. The molecule has 0 amide bonds. The number of fused-ring (bicyclic) bond motifs is 1. The second kappa shape index (κ2) is 7.33. The van der Waals surface area contributed by atoms with E-state index >= 15 is 0 Å². The summed E-state index contributed by atoms with van der Waals surface area (Å²) in [5.74, 6) is 0.0977. The molecule has 0 aromatic heterocycles. The molecule has 3 rings (SSSR count). The lowest BCUT2D eigenvalue weighted by atomic mass is 10.1. The quantitative estimate of drug-likeness (QED) is 0.670. The molecular weight excluding hydrogens is 334 g/mol. The van der Waals surface area contributed by atoms with Crippen LogP contribution in [0.15, 0.2) is 42.5 Å². The average Bonchev–Trinajstić information content (AvgIpc) is 3.01. The van der Waals surface area contributed by atoms with Crippen molar-refractivity contribution < 1.29 is 23.8 Å².